The second kappa shape index (κ2) is 2.34. The smallest absolute Gasteiger partial charge is 0.428 e. The molecule has 0 spiro atoms. The Hall–Kier alpha value is -1.26. The number of carbonyl (C=O) groups excluding carboxylic acids is 2. The average Bonchev–Trinajstić information content (AvgIpc) is 2.18. The van der Waals surface area contributed by atoms with Gasteiger partial charge in [-0.1, -0.05) is 0 Å². The SMILES string of the molecule is O=CNN1CCOC1=O. The van der Waals surface area contributed by atoms with Crippen molar-refractivity contribution in [3.8, 4) is 0 Å². The van der Waals surface area contributed by atoms with Crippen LogP contribution >= 0.6 is 0 Å². The third-order valence-corrected chi connectivity index (χ3v) is 0.969. The predicted octanol–water partition coefficient (Wildman–Crippen LogP) is -0.900. The summed E-state index contributed by atoms with van der Waals surface area (Å²) in [6, 6.07) is 0. The summed E-state index contributed by atoms with van der Waals surface area (Å²) in [5, 5.41) is 1.10. The fourth-order valence-electron chi connectivity index (χ4n) is 0.574. The number of amides is 2. The zero-order valence-electron chi connectivity index (χ0n) is 4.66. The third-order valence-electron chi connectivity index (χ3n) is 0.969. The highest BCUT2D eigenvalue weighted by Gasteiger charge is 2.20. The molecule has 2 amide bonds. The van der Waals surface area contributed by atoms with Crippen LogP contribution in [0.2, 0.25) is 0 Å². The number of hydrogen-bond donors (Lipinski definition) is 1. The maximum absolute atomic E-state index is 10.4. The molecule has 9 heavy (non-hydrogen) atoms. The molecule has 0 bridgehead atoms. The van der Waals surface area contributed by atoms with Gasteiger partial charge in [0.15, 0.2) is 0 Å². The van der Waals surface area contributed by atoms with Gasteiger partial charge in [0, 0.05) is 0 Å². The summed E-state index contributed by atoms with van der Waals surface area (Å²) in [5.41, 5.74) is 2.17. The van der Waals surface area contributed by atoms with Crippen LogP contribution in [0.15, 0.2) is 0 Å². The maximum atomic E-state index is 10.4. The van der Waals surface area contributed by atoms with Crippen LogP contribution in [-0.4, -0.2) is 30.7 Å². The zero-order valence-corrected chi connectivity index (χ0v) is 4.66. The van der Waals surface area contributed by atoms with Crippen LogP contribution in [0, 0.1) is 0 Å². The maximum Gasteiger partial charge on any atom is 0.428 e. The molecule has 1 saturated heterocycles. The van der Waals surface area contributed by atoms with E-state index < -0.39 is 6.09 Å². The minimum atomic E-state index is -0.498. The molecule has 0 atom stereocenters. The Kier molecular flexibility index (Phi) is 1.53. The topological polar surface area (TPSA) is 58.6 Å². The first kappa shape index (κ1) is 5.87. The Morgan fingerprint density at radius 3 is 3.00 bits per heavy atom. The Morgan fingerprint density at radius 2 is 2.56 bits per heavy atom. The lowest BCUT2D eigenvalue weighted by Gasteiger charge is -2.07. The summed E-state index contributed by atoms with van der Waals surface area (Å²) in [4.78, 5) is 20.2. The van der Waals surface area contributed by atoms with Crippen molar-refractivity contribution in [1.82, 2.24) is 10.4 Å². The molecule has 0 aliphatic carbocycles. The molecule has 5 heteroatoms. The molecule has 1 aliphatic rings. The van der Waals surface area contributed by atoms with Crippen LogP contribution in [0.1, 0.15) is 0 Å². The Bertz CT molecular complexity index is 136. The molecule has 50 valence electrons. The predicted molar refractivity (Wildman–Crippen MR) is 27.3 cm³/mol. The highest BCUT2D eigenvalue weighted by molar-refractivity contribution is 5.70. The molecule has 1 aliphatic heterocycles. The molecule has 1 rings (SSSR count). The van der Waals surface area contributed by atoms with Gasteiger partial charge in [-0.25, -0.2) is 9.80 Å². The van der Waals surface area contributed by atoms with Gasteiger partial charge in [0.2, 0.25) is 6.41 Å². The lowest BCUT2D eigenvalue weighted by molar-refractivity contribution is -0.112. The molecular weight excluding hydrogens is 124 g/mol. The molecule has 1 heterocycles. The van der Waals surface area contributed by atoms with E-state index in [-0.39, 0.29) is 0 Å². The Labute approximate surface area is 51.5 Å². The first-order valence-corrected chi connectivity index (χ1v) is 2.48. The van der Waals surface area contributed by atoms with Crippen LogP contribution in [0.5, 0.6) is 0 Å². The molecule has 0 aromatic rings. The van der Waals surface area contributed by atoms with Crippen LogP contribution in [0.4, 0.5) is 4.79 Å². The second-order valence-electron chi connectivity index (χ2n) is 1.51. The van der Waals surface area contributed by atoms with E-state index in [1.807, 2.05) is 0 Å². The standard InChI is InChI=1S/C4H6N2O3/c7-3-5-6-1-2-9-4(6)8/h3H,1-2H2,(H,5,7). The average molecular weight is 130 g/mol. The van der Waals surface area contributed by atoms with Crippen molar-refractivity contribution < 1.29 is 14.3 Å². The summed E-state index contributed by atoms with van der Waals surface area (Å²) in [5.74, 6) is 0. The molecule has 0 saturated carbocycles. The summed E-state index contributed by atoms with van der Waals surface area (Å²) in [6.07, 6.45) is -0.0610. The molecule has 1 N–H and O–H groups in total. The van der Waals surface area contributed by atoms with E-state index in [0.29, 0.717) is 19.6 Å². The number of ether oxygens (including phenoxy) is 1. The van der Waals surface area contributed by atoms with E-state index in [9.17, 15) is 9.59 Å². The number of hydrazine groups is 1. The number of hydrogen-bond acceptors (Lipinski definition) is 3. The lowest BCUT2D eigenvalue weighted by Crippen LogP contribution is -2.37. The second-order valence-corrected chi connectivity index (χ2v) is 1.51. The number of carbonyl (C=O) groups is 2. The molecule has 5 nitrogen and oxygen atoms in total. The van der Waals surface area contributed by atoms with Gasteiger partial charge < -0.3 is 4.74 Å². The van der Waals surface area contributed by atoms with Crippen molar-refractivity contribution in [3.63, 3.8) is 0 Å². The van der Waals surface area contributed by atoms with Crippen molar-refractivity contribution >= 4 is 12.5 Å². The Balaban J connectivity index is 2.39. The number of nitrogens with zero attached hydrogens (tertiary/aromatic N) is 1. The van der Waals surface area contributed by atoms with Crippen LogP contribution in [-0.2, 0) is 9.53 Å². The van der Waals surface area contributed by atoms with E-state index in [4.69, 9.17) is 0 Å². The quantitative estimate of drug-likeness (QED) is 0.493. The molecule has 1 fully saturated rings. The summed E-state index contributed by atoms with van der Waals surface area (Å²) >= 11 is 0. The van der Waals surface area contributed by atoms with Crippen LogP contribution in [0.3, 0.4) is 0 Å². The van der Waals surface area contributed by atoms with Crippen molar-refractivity contribution in [2.45, 2.75) is 0 Å². The zero-order chi connectivity index (χ0) is 6.69. The van der Waals surface area contributed by atoms with Gasteiger partial charge in [0.1, 0.15) is 6.61 Å². The molecule has 0 radical (unpaired) electrons. The minimum absolute atomic E-state index is 0.347. The first-order chi connectivity index (χ1) is 4.34. The van der Waals surface area contributed by atoms with Gasteiger partial charge in [-0.05, 0) is 0 Å². The van der Waals surface area contributed by atoms with E-state index in [1.54, 1.807) is 0 Å². The number of nitrogens with one attached hydrogen (secondary N) is 1. The van der Waals surface area contributed by atoms with E-state index in [0.717, 1.165) is 5.01 Å². The van der Waals surface area contributed by atoms with Gasteiger partial charge in [-0.3, -0.25) is 10.2 Å². The summed E-state index contributed by atoms with van der Waals surface area (Å²) in [6.45, 7) is 0.775. The minimum Gasteiger partial charge on any atom is -0.446 e. The van der Waals surface area contributed by atoms with Gasteiger partial charge >= 0.3 is 6.09 Å². The first-order valence-electron chi connectivity index (χ1n) is 2.48. The van der Waals surface area contributed by atoms with E-state index >= 15 is 0 Å². The van der Waals surface area contributed by atoms with Gasteiger partial charge in [0.05, 0.1) is 6.54 Å². The fourth-order valence-corrected chi connectivity index (χ4v) is 0.574. The normalized spacial score (nSPS) is 17.3. The Morgan fingerprint density at radius 1 is 1.78 bits per heavy atom. The van der Waals surface area contributed by atoms with Gasteiger partial charge in [-0.2, -0.15) is 0 Å². The van der Waals surface area contributed by atoms with Crippen LogP contribution in [0.25, 0.3) is 0 Å². The van der Waals surface area contributed by atoms with E-state index in [1.165, 1.54) is 0 Å². The van der Waals surface area contributed by atoms with Gasteiger partial charge in [-0.15, -0.1) is 0 Å². The largest absolute Gasteiger partial charge is 0.446 e. The van der Waals surface area contributed by atoms with Crippen LogP contribution < -0.4 is 5.43 Å². The number of cyclic esters (lactones) is 1. The monoisotopic (exact) mass is 130 g/mol. The van der Waals surface area contributed by atoms with Gasteiger partial charge in [0.25, 0.3) is 0 Å². The van der Waals surface area contributed by atoms with Crippen molar-refractivity contribution in [2.24, 2.45) is 0 Å². The van der Waals surface area contributed by atoms with E-state index in [2.05, 4.69) is 10.2 Å². The number of rotatable bonds is 2. The fraction of sp³-hybridized carbons (Fsp3) is 0.500. The molecular formula is C4H6N2O3. The summed E-state index contributed by atoms with van der Waals surface area (Å²) < 4.78 is 4.48. The van der Waals surface area contributed by atoms with Crippen molar-refractivity contribution in [2.75, 3.05) is 13.2 Å². The van der Waals surface area contributed by atoms with Crippen molar-refractivity contribution in [3.05, 3.63) is 0 Å². The van der Waals surface area contributed by atoms with Crippen molar-refractivity contribution in [1.29, 1.82) is 0 Å². The molecule has 0 unspecified atom stereocenters. The third kappa shape index (κ3) is 1.10. The highest BCUT2D eigenvalue weighted by Crippen LogP contribution is 1.96. The highest BCUT2D eigenvalue weighted by atomic mass is 16.6. The molecule has 0 aromatic heterocycles. The molecule has 0 aromatic carbocycles. The lowest BCUT2D eigenvalue weighted by atomic mass is 10.7. The summed E-state index contributed by atoms with van der Waals surface area (Å²) in [7, 11) is 0.